The van der Waals surface area contributed by atoms with Crippen LogP contribution in [-0.4, -0.2) is 9.97 Å². The molecule has 1 N–H and O–H groups in total. The van der Waals surface area contributed by atoms with E-state index in [4.69, 9.17) is 0 Å². The Balaban J connectivity index is 1.63. The molecule has 0 unspecified atom stereocenters. The van der Waals surface area contributed by atoms with Crippen molar-refractivity contribution in [3.63, 3.8) is 0 Å². The summed E-state index contributed by atoms with van der Waals surface area (Å²) in [7, 11) is 0. The molecule has 0 saturated carbocycles. The van der Waals surface area contributed by atoms with Crippen LogP contribution >= 0.6 is 11.3 Å². The second-order valence-corrected chi connectivity index (χ2v) is 5.79. The van der Waals surface area contributed by atoms with Crippen LogP contribution in [0, 0.1) is 0 Å². The Morgan fingerprint density at radius 3 is 2.67 bits per heavy atom. The van der Waals surface area contributed by atoms with Crippen LogP contribution in [0.3, 0.4) is 0 Å². The molecule has 2 heterocycles. The van der Waals surface area contributed by atoms with Crippen LogP contribution in [0.5, 0.6) is 0 Å². The van der Waals surface area contributed by atoms with Gasteiger partial charge in [0.1, 0.15) is 5.01 Å². The van der Waals surface area contributed by atoms with E-state index >= 15 is 0 Å². The molecule has 0 bridgehead atoms. The molecule has 1 atom stereocenters. The minimum Gasteiger partial charge on any atom is -0.302 e. The Hall–Kier alpha value is -2.04. The number of aromatic nitrogens is 2. The van der Waals surface area contributed by atoms with Gasteiger partial charge in [-0.05, 0) is 19.1 Å². The van der Waals surface area contributed by atoms with Crippen molar-refractivity contribution >= 4 is 11.3 Å². The van der Waals surface area contributed by atoms with Crippen LogP contribution in [0.25, 0.3) is 11.3 Å². The number of nitrogens with zero attached hydrogens (tertiary/aromatic N) is 2. The van der Waals surface area contributed by atoms with E-state index in [-0.39, 0.29) is 6.04 Å². The number of hydrogen-bond donors (Lipinski definition) is 1. The number of pyridine rings is 1. The monoisotopic (exact) mass is 295 g/mol. The summed E-state index contributed by atoms with van der Waals surface area (Å²) < 4.78 is 0. The molecule has 0 amide bonds. The first-order valence-electron chi connectivity index (χ1n) is 6.97. The maximum Gasteiger partial charge on any atom is 0.107 e. The highest BCUT2D eigenvalue weighted by Crippen LogP contribution is 2.21. The van der Waals surface area contributed by atoms with Gasteiger partial charge >= 0.3 is 0 Å². The normalized spacial score (nSPS) is 12.2. The lowest BCUT2D eigenvalue weighted by molar-refractivity contribution is 0.560. The van der Waals surface area contributed by atoms with Crippen LogP contribution in [0.4, 0.5) is 0 Å². The zero-order valence-corrected chi connectivity index (χ0v) is 12.7. The van der Waals surface area contributed by atoms with Gasteiger partial charge in [-0.15, -0.1) is 11.3 Å². The smallest absolute Gasteiger partial charge is 0.107 e. The Kier molecular flexibility index (Phi) is 4.38. The Morgan fingerprint density at radius 1 is 1.10 bits per heavy atom. The first-order chi connectivity index (χ1) is 10.3. The van der Waals surface area contributed by atoms with Crippen molar-refractivity contribution in [2.45, 2.75) is 19.5 Å². The Morgan fingerprint density at radius 2 is 1.90 bits per heavy atom. The summed E-state index contributed by atoms with van der Waals surface area (Å²) in [5.74, 6) is 0. The molecule has 0 aliphatic rings. The first-order valence-corrected chi connectivity index (χ1v) is 7.85. The van der Waals surface area contributed by atoms with Gasteiger partial charge in [-0.3, -0.25) is 4.98 Å². The van der Waals surface area contributed by atoms with Crippen molar-refractivity contribution in [1.82, 2.24) is 15.3 Å². The van der Waals surface area contributed by atoms with Gasteiger partial charge < -0.3 is 5.32 Å². The predicted octanol–water partition coefficient (Wildman–Crippen LogP) is 4.06. The number of thiazole rings is 1. The maximum absolute atomic E-state index is 4.68. The number of nitrogens with one attached hydrogen (secondary N) is 1. The van der Waals surface area contributed by atoms with Gasteiger partial charge in [0.15, 0.2) is 0 Å². The van der Waals surface area contributed by atoms with E-state index < -0.39 is 0 Å². The van der Waals surface area contributed by atoms with E-state index in [2.05, 4.69) is 39.7 Å². The van der Waals surface area contributed by atoms with Crippen LogP contribution in [0.1, 0.15) is 23.7 Å². The van der Waals surface area contributed by atoms with Gasteiger partial charge in [0.05, 0.1) is 11.4 Å². The third kappa shape index (κ3) is 3.54. The summed E-state index contributed by atoms with van der Waals surface area (Å²) >= 11 is 1.69. The fourth-order valence-corrected chi connectivity index (χ4v) is 2.86. The van der Waals surface area contributed by atoms with Crippen LogP contribution < -0.4 is 5.32 Å². The van der Waals surface area contributed by atoms with E-state index in [1.165, 1.54) is 0 Å². The summed E-state index contributed by atoms with van der Waals surface area (Å²) in [6, 6.07) is 16.5. The molecular weight excluding hydrogens is 278 g/mol. The minimum absolute atomic E-state index is 0.218. The van der Waals surface area contributed by atoms with E-state index in [0.29, 0.717) is 0 Å². The van der Waals surface area contributed by atoms with Gasteiger partial charge in [0, 0.05) is 29.7 Å². The molecule has 106 valence electrons. The van der Waals surface area contributed by atoms with Crippen molar-refractivity contribution in [3.8, 4) is 11.3 Å². The lowest BCUT2D eigenvalue weighted by Gasteiger charge is -2.11. The minimum atomic E-state index is 0.218. The summed E-state index contributed by atoms with van der Waals surface area (Å²) in [6.45, 7) is 2.88. The molecule has 0 spiro atoms. The van der Waals surface area contributed by atoms with Gasteiger partial charge in [0.25, 0.3) is 0 Å². The van der Waals surface area contributed by atoms with Crippen molar-refractivity contribution in [2.24, 2.45) is 0 Å². The Bertz CT molecular complexity index is 680. The summed E-state index contributed by atoms with van der Waals surface area (Å²) in [5, 5.41) is 6.67. The zero-order valence-electron chi connectivity index (χ0n) is 11.9. The molecule has 3 rings (SSSR count). The second-order valence-electron chi connectivity index (χ2n) is 4.85. The molecule has 3 nitrogen and oxygen atoms in total. The second kappa shape index (κ2) is 6.61. The predicted molar refractivity (Wildman–Crippen MR) is 87.0 cm³/mol. The van der Waals surface area contributed by atoms with Crippen molar-refractivity contribution < 1.29 is 0 Å². The van der Waals surface area contributed by atoms with Crippen molar-refractivity contribution in [1.29, 1.82) is 0 Å². The van der Waals surface area contributed by atoms with Crippen molar-refractivity contribution in [2.75, 3.05) is 0 Å². The highest BCUT2D eigenvalue weighted by atomic mass is 32.1. The number of benzene rings is 1. The molecule has 4 heteroatoms. The van der Waals surface area contributed by atoms with Crippen LogP contribution in [-0.2, 0) is 6.54 Å². The third-order valence-corrected chi connectivity index (χ3v) is 4.16. The highest BCUT2D eigenvalue weighted by Gasteiger charge is 2.08. The van der Waals surface area contributed by atoms with E-state index in [1.54, 1.807) is 11.3 Å². The van der Waals surface area contributed by atoms with Gasteiger partial charge in [0.2, 0.25) is 0 Å². The molecule has 21 heavy (non-hydrogen) atoms. The average molecular weight is 295 g/mol. The van der Waals surface area contributed by atoms with Crippen LogP contribution in [0.2, 0.25) is 0 Å². The zero-order chi connectivity index (χ0) is 14.5. The van der Waals surface area contributed by atoms with Crippen molar-refractivity contribution in [3.05, 3.63) is 70.8 Å². The van der Waals surface area contributed by atoms with E-state index in [9.17, 15) is 0 Å². The number of hydrogen-bond acceptors (Lipinski definition) is 4. The molecule has 1 aromatic carbocycles. The number of rotatable bonds is 5. The SMILES string of the molecule is C[C@@H](NCc1nc(-c2ccccc2)cs1)c1ccccn1. The largest absolute Gasteiger partial charge is 0.302 e. The van der Waals surface area contributed by atoms with Gasteiger partial charge in [-0.25, -0.2) is 4.98 Å². The lowest BCUT2D eigenvalue weighted by Crippen LogP contribution is -2.18. The Labute approximate surface area is 128 Å². The maximum atomic E-state index is 4.68. The fraction of sp³-hybridized carbons (Fsp3) is 0.176. The standard InChI is InChI=1S/C17H17N3S/c1-13(15-9-5-6-10-18-15)19-11-17-20-16(12-21-17)14-7-3-2-4-8-14/h2-10,12-13,19H,11H2,1H3/t13-/m1/s1. The molecule has 0 aliphatic heterocycles. The molecule has 0 radical (unpaired) electrons. The quantitative estimate of drug-likeness (QED) is 0.771. The first kappa shape index (κ1) is 13.9. The van der Waals surface area contributed by atoms with E-state index in [1.807, 2.05) is 42.6 Å². The average Bonchev–Trinajstić information content (AvgIpc) is 3.03. The fourth-order valence-electron chi connectivity index (χ4n) is 2.11. The third-order valence-electron chi connectivity index (χ3n) is 3.31. The summed E-state index contributed by atoms with van der Waals surface area (Å²) in [4.78, 5) is 9.05. The van der Waals surface area contributed by atoms with Crippen LogP contribution in [0.15, 0.2) is 60.1 Å². The molecule has 2 aromatic heterocycles. The summed E-state index contributed by atoms with van der Waals surface area (Å²) in [6.07, 6.45) is 1.82. The summed E-state index contributed by atoms with van der Waals surface area (Å²) in [5.41, 5.74) is 3.26. The lowest BCUT2D eigenvalue weighted by atomic mass is 10.2. The molecule has 0 saturated heterocycles. The van der Waals surface area contributed by atoms with E-state index in [0.717, 1.165) is 28.5 Å². The molecule has 0 fully saturated rings. The molecule has 3 aromatic rings. The topological polar surface area (TPSA) is 37.8 Å². The highest BCUT2D eigenvalue weighted by molar-refractivity contribution is 7.09. The molecular formula is C17H17N3S. The van der Waals surface area contributed by atoms with Gasteiger partial charge in [-0.1, -0.05) is 36.4 Å². The molecule has 0 aliphatic carbocycles. The van der Waals surface area contributed by atoms with Gasteiger partial charge in [-0.2, -0.15) is 0 Å².